The number of carbonyl (C=O) groups is 5. The molecule has 0 saturated heterocycles. The van der Waals surface area contributed by atoms with Crippen LogP contribution in [0.2, 0.25) is 0 Å². The molecule has 0 spiro atoms. The number of ether oxygens (including phenoxy) is 5. The molecular formula is C32H32O10. The Kier molecular flexibility index (Phi) is 11.3. The molecule has 0 aliphatic heterocycles. The fourth-order valence-corrected chi connectivity index (χ4v) is 2.84. The van der Waals surface area contributed by atoms with Crippen molar-refractivity contribution in [2.75, 3.05) is 0 Å². The van der Waals surface area contributed by atoms with Crippen LogP contribution in [0.5, 0.6) is 28.7 Å². The molecule has 0 heterocycles. The zero-order valence-corrected chi connectivity index (χ0v) is 24.3. The smallest absolute Gasteiger partial charge is 0.338 e. The average Bonchev–Trinajstić information content (AvgIpc) is 2.89. The van der Waals surface area contributed by atoms with Crippen molar-refractivity contribution in [3.63, 3.8) is 0 Å². The van der Waals surface area contributed by atoms with E-state index in [-0.39, 0.29) is 45.5 Å². The Balaban J connectivity index is 2.42. The molecule has 0 N–H and O–H groups in total. The van der Waals surface area contributed by atoms with E-state index in [0.717, 1.165) is 6.08 Å². The predicted octanol–water partition coefficient (Wildman–Crippen LogP) is 5.70. The van der Waals surface area contributed by atoms with Crippen LogP contribution in [0.4, 0.5) is 0 Å². The topological polar surface area (TPSA) is 132 Å². The van der Waals surface area contributed by atoms with Crippen molar-refractivity contribution in [3.05, 3.63) is 84.5 Å². The van der Waals surface area contributed by atoms with Crippen molar-refractivity contribution >= 4 is 35.4 Å². The molecule has 0 aliphatic carbocycles. The summed E-state index contributed by atoms with van der Waals surface area (Å²) in [6, 6.07) is 8.14. The van der Waals surface area contributed by atoms with E-state index in [1.165, 1.54) is 57.2 Å². The maximum absolute atomic E-state index is 12.9. The maximum atomic E-state index is 12.9. The van der Waals surface area contributed by atoms with Gasteiger partial charge in [0.25, 0.3) is 0 Å². The van der Waals surface area contributed by atoms with Crippen LogP contribution in [0, 0.1) is 5.92 Å². The maximum Gasteiger partial charge on any atom is 0.338 e. The average molecular weight is 577 g/mol. The second-order valence-electron chi connectivity index (χ2n) is 9.64. The molecule has 0 amide bonds. The van der Waals surface area contributed by atoms with Gasteiger partial charge in [-0.2, -0.15) is 0 Å². The zero-order valence-electron chi connectivity index (χ0n) is 24.3. The minimum Gasteiger partial charge on any atom is -0.423 e. The highest BCUT2D eigenvalue weighted by atomic mass is 16.6. The van der Waals surface area contributed by atoms with Gasteiger partial charge in [0.2, 0.25) is 0 Å². The summed E-state index contributed by atoms with van der Waals surface area (Å²) >= 11 is 0. The van der Waals surface area contributed by atoms with Crippen molar-refractivity contribution < 1.29 is 47.7 Å². The van der Waals surface area contributed by atoms with E-state index in [4.69, 9.17) is 23.7 Å². The number of rotatable bonds is 11. The summed E-state index contributed by atoms with van der Waals surface area (Å²) in [5, 5.41) is 0. The number of esters is 5. The minimum atomic E-state index is -0.856. The van der Waals surface area contributed by atoms with Crippen LogP contribution in [-0.4, -0.2) is 29.8 Å². The van der Waals surface area contributed by atoms with Crippen molar-refractivity contribution in [2.24, 2.45) is 5.92 Å². The van der Waals surface area contributed by atoms with Gasteiger partial charge < -0.3 is 23.7 Å². The van der Waals surface area contributed by atoms with Gasteiger partial charge in [0.1, 0.15) is 17.2 Å². The number of allylic oxidation sites excluding steroid dienone is 1. The second kappa shape index (κ2) is 14.4. The van der Waals surface area contributed by atoms with Gasteiger partial charge in [0, 0.05) is 34.9 Å². The first-order chi connectivity index (χ1) is 19.6. The van der Waals surface area contributed by atoms with Gasteiger partial charge in [-0.25, -0.2) is 19.2 Å². The Hall–Kier alpha value is -5.25. The SMILES string of the molecule is C=C(C)C(=O)Oc1cc(OC(=O)C(=C)C)cc(/C(C)=C/C(=O)Oc2ccc(OC(=O)C(=C)C)cc2OC(=O)C(C)C)c1. The van der Waals surface area contributed by atoms with E-state index < -0.39 is 35.8 Å². The van der Waals surface area contributed by atoms with Gasteiger partial charge in [0.05, 0.1) is 5.92 Å². The first kappa shape index (κ1) is 33.0. The van der Waals surface area contributed by atoms with Crippen molar-refractivity contribution in [1.29, 1.82) is 0 Å². The lowest BCUT2D eigenvalue weighted by Crippen LogP contribution is -2.16. The lowest BCUT2D eigenvalue weighted by Gasteiger charge is -2.13. The number of hydrogen-bond acceptors (Lipinski definition) is 10. The zero-order chi connectivity index (χ0) is 31.7. The molecule has 0 aromatic heterocycles. The third kappa shape index (κ3) is 9.74. The Morgan fingerprint density at radius 3 is 1.55 bits per heavy atom. The largest absolute Gasteiger partial charge is 0.423 e. The lowest BCUT2D eigenvalue weighted by molar-refractivity contribution is -0.138. The molecule has 0 unspecified atom stereocenters. The van der Waals surface area contributed by atoms with Crippen LogP contribution in [0.3, 0.4) is 0 Å². The lowest BCUT2D eigenvalue weighted by atomic mass is 10.1. The minimum absolute atomic E-state index is 0.0360. The molecule has 0 fully saturated rings. The van der Waals surface area contributed by atoms with Gasteiger partial charge >= 0.3 is 29.8 Å². The van der Waals surface area contributed by atoms with E-state index in [0.29, 0.717) is 11.1 Å². The standard InChI is InChI=1S/C32H32O10/c1-17(2)29(34)38-23-10-11-26(27(16-23)42-32(37)20(7)8)41-28(33)12-21(9)22-13-24(39-30(35)18(3)4)15-25(14-22)40-31(36)19(5)6/h10-16,20H,1,3,5H2,2,4,6-9H3/b21-12+. The number of benzene rings is 2. The summed E-state index contributed by atoms with van der Waals surface area (Å²) in [5.74, 6) is -4.22. The summed E-state index contributed by atoms with van der Waals surface area (Å²) in [4.78, 5) is 61.3. The highest BCUT2D eigenvalue weighted by Gasteiger charge is 2.19. The fourth-order valence-electron chi connectivity index (χ4n) is 2.84. The van der Waals surface area contributed by atoms with Crippen molar-refractivity contribution in [1.82, 2.24) is 0 Å². The van der Waals surface area contributed by atoms with Crippen molar-refractivity contribution in [2.45, 2.75) is 41.5 Å². The summed E-state index contributed by atoms with van der Waals surface area (Å²) in [6.07, 6.45) is 1.13. The fraction of sp³-hybridized carbons (Fsp3) is 0.219. The summed E-state index contributed by atoms with van der Waals surface area (Å²) in [7, 11) is 0. The molecule has 0 aliphatic rings. The van der Waals surface area contributed by atoms with Gasteiger partial charge in [0.15, 0.2) is 11.5 Å². The monoisotopic (exact) mass is 576 g/mol. The number of carbonyl (C=O) groups excluding carboxylic acids is 5. The molecule has 2 rings (SSSR count). The second-order valence-corrected chi connectivity index (χ2v) is 9.64. The van der Waals surface area contributed by atoms with Gasteiger partial charge in [-0.15, -0.1) is 0 Å². The molecule has 0 atom stereocenters. The molecule has 42 heavy (non-hydrogen) atoms. The third-order valence-corrected chi connectivity index (χ3v) is 5.15. The van der Waals surface area contributed by atoms with E-state index in [1.807, 2.05) is 0 Å². The highest BCUT2D eigenvalue weighted by Crippen LogP contribution is 2.33. The van der Waals surface area contributed by atoms with Crippen LogP contribution >= 0.6 is 0 Å². The third-order valence-electron chi connectivity index (χ3n) is 5.15. The molecule has 0 radical (unpaired) electrons. The molecule has 2 aromatic carbocycles. The quantitative estimate of drug-likeness (QED) is 0.186. The Morgan fingerprint density at radius 1 is 0.619 bits per heavy atom. The van der Waals surface area contributed by atoms with Crippen LogP contribution in [0.25, 0.3) is 5.57 Å². The van der Waals surface area contributed by atoms with Crippen LogP contribution in [0.1, 0.15) is 47.1 Å². The summed E-state index contributed by atoms with van der Waals surface area (Å²) in [5.41, 5.74) is 1.14. The molecule has 220 valence electrons. The Bertz CT molecular complexity index is 1460. The highest BCUT2D eigenvalue weighted by molar-refractivity contribution is 5.94. The van der Waals surface area contributed by atoms with Gasteiger partial charge in [-0.05, 0) is 63.1 Å². The summed E-state index contributed by atoms with van der Waals surface area (Å²) in [6.45, 7) is 19.8. The molecular weight excluding hydrogens is 544 g/mol. The Morgan fingerprint density at radius 2 is 1.10 bits per heavy atom. The first-order valence-corrected chi connectivity index (χ1v) is 12.6. The van der Waals surface area contributed by atoms with E-state index in [2.05, 4.69) is 19.7 Å². The van der Waals surface area contributed by atoms with Gasteiger partial charge in [-0.3, -0.25) is 4.79 Å². The summed E-state index contributed by atoms with van der Waals surface area (Å²) < 4.78 is 26.6. The van der Waals surface area contributed by atoms with E-state index in [9.17, 15) is 24.0 Å². The normalized spacial score (nSPS) is 10.8. The Labute approximate surface area is 243 Å². The molecule has 0 bridgehead atoms. The van der Waals surface area contributed by atoms with Crippen LogP contribution in [0.15, 0.2) is 78.9 Å². The predicted molar refractivity (Wildman–Crippen MR) is 154 cm³/mol. The van der Waals surface area contributed by atoms with Crippen LogP contribution in [-0.2, 0) is 24.0 Å². The molecule has 10 heteroatoms. The molecule has 0 saturated carbocycles. The van der Waals surface area contributed by atoms with Gasteiger partial charge in [-0.1, -0.05) is 33.6 Å². The molecule has 2 aromatic rings. The molecule has 10 nitrogen and oxygen atoms in total. The van der Waals surface area contributed by atoms with E-state index >= 15 is 0 Å². The first-order valence-electron chi connectivity index (χ1n) is 12.6. The number of hydrogen-bond donors (Lipinski definition) is 0. The van der Waals surface area contributed by atoms with Crippen molar-refractivity contribution in [3.8, 4) is 28.7 Å². The van der Waals surface area contributed by atoms with E-state index in [1.54, 1.807) is 20.8 Å². The van der Waals surface area contributed by atoms with Crippen LogP contribution < -0.4 is 23.7 Å².